The van der Waals surface area contributed by atoms with Gasteiger partial charge >= 0.3 is 0 Å². The molecule has 21 heavy (non-hydrogen) atoms. The van der Waals surface area contributed by atoms with Gasteiger partial charge in [0.15, 0.2) is 5.82 Å². The van der Waals surface area contributed by atoms with Crippen molar-refractivity contribution in [1.29, 1.82) is 0 Å². The maximum atomic E-state index is 13.5. The maximum absolute atomic E-state index is 13.5. The van der Waals surface area contributed by atoms with Crippen LogP contribution in [-0.4, -0.2) is 35.1 Å². The van der Waals surface area contributed by atoms with E-state index in [4.69, 9.17) is 0 Å². The number of rotatable bonds is 3. The van der Waals surface area contributed by atoms with Crippen molar-refractivity contribution in [2.24, 2.45) is 0 Å². The zero-order valence-corrected chi connectivity index (χ0v) is 12.2. The predicted octanol–water partition coefficient (Wildman–Crippen LogP) is 2.63. The van der Waals surface area contributed by atoms with E-state index >= 15 is 0 Å². The predicted molar refractivity (Wildman–Crippen MR) is 81.0 cm³/mol. The van der Waals surface area contributed by atoms with Crippen LogP contribution < -0.4 is 10.2 Å². The summed E-state index contributed by atoms with van der Waals surface area (Å²) >= 11 is 0. The highest BCUT2D eigenvalue weighted by atomic mass is 19.1. The second kappa shape index (κ2) is 5.63. The average Bonchev–Trinajstić information content (AvgIpc) is 3.03. The zero-order valence-electron chi connectivity index (χ0n) is 12.2. The highest BCUT2D eigenvalue weighted by Crippen LogP contribution is 2.25. The smallest absolute Gasteiger partial charge is 0.230 e. The van der Waals surface area contributed by atoms with Crippen LogP contribution in [0.5, 0.6) is 0 Å². The summed E-state index contributed by atoms with van der Waals surface area (Å²) < 4.78 is 13.5. The Morgan fingerprint density at radius 1 is 1.14 bits per heavy atom. The Labute approximate surface area is 123 Å². The quantitative estimate of drug-likeness (QED) is 0.940. The summed E-state index contributed by atoms with van der Waals surface area (Å²) in [6, 6.07) is 4.65. The fraction of sp³-hybridized carbons (Fsp3) is 0.400. The third-order valence-electron chi connectivity index (χ3n) is 3.68. The van der Waals surface area contributed by atoms with Crippen molar-refractivity contribution >= 4 is 11.9 Å². The Kier molecular flexibility index (Phi) is 3.68. The molecule has 3 rings (SSSR count). The minimum Gasteiger partial charge on any atom is -0.357 e. The number of halogens is 1. The molecule has 1 aromatic heterocycles. The molecule has 5 nitrogen and oxygen atoms in total. The lowest BCUT2D eigenvalue weighted by molar-refractivity contribution is 0.627. The molecule has 1 N–H and O–H groups in total. The van der Waals surface area contributed by atoms with Crippen molar-refractivity contribution in [2.45, 2.75) is 19.8 Å². The second-order valence-electron chi connectivity index (χ2n) is 5.19. The summed E-state index contributed by atoms with van der Waals surface area (Å²) in [5, 5.41) is 2.95. The monoisotopic (exact) mass is 287 g/mol. The van der Waals surface area contributed by atoms with Crippen molar-refractivity contribution in [2.75, 3.05) is 30.4 Å². The van der Waals surface area contributed by atoms with E-state index in [9.17, 15) is 4.39 Å². The van der Waals surface area contributed by atoms with Gasteiger partial charge in [0, 0.05) is 25.7 Å². The molecule has 0 amide bonds. The molecular weight excluding hydrogens is 269 g/mol. The Bertz CT molecular complexity index is 653. The lowest BCUT2D eigenvalue weighted by Crippen LogP contribution is -2.21. The van der Waals surface area contributed by atoms with Crippen LogP contribution in [0.1, 0.15) is 18.4 Å². The molecule has 1 aliphatic rings. The van der Waals surface area contributed by atoms with Gasteiger partial charge in [-0.05, 0) is 37.5 Å². The first kappa shape index (κ1) is 13.7. The Balaban J connectivity index is 2.08. The first-order valence-electron chi connectivity index (χ1n) is 7.12. The van der Waals surface area contributed by atoms with Gasteiger partial charge in [-0.25, -0.2) is 4.39 Å². The standard InChI is InChI=1S/C15H18FN5/c1-10-5-6-11(16)9-12(10)13-18-14(17-2)20-15(19-13)21-7-3-4-8-21/h5-6,9H,3-4,7-8H2,1-2H3,(H,17,18,19,20). The average molecular weight is 287 g/mol. The van der Waals surface area contributed by atoms with Crippen molar-refractivity contribution in [1.82, 2.24) is 15.0 Å². The molecule has 6 heteroatoms. The van der Waals surface area contributed by atoms with E-state index in [0.29, 0.717) is 23.3 Å². The third kappa shape index (κ3) is 2.79. The highest BCUT2D eigenvalue weighted by molar-refractivity contribution is 5.62. The molecule has 0 bridgehead atoms. The fourth-order valence-electron chi connectivity index (χ4n) is 2.49. The topological polar surface area (TPSA) is 53.9 Å². The summed E-state index contributed by atoms with van der Waals surface area (Å²) in [6.07, 6.45) is 2.30. The number of nitrogens with one attached hydrogen (secondary N) is 1. The van der Waals surface area contributed by atoms with Crippen LogP contribution in [-0.2, 0) is 0 Å². The van der Waals surface area contributed by atoms with Crippen molar-refractivity contribution in [3.8, 4) is 11.4 Å². The lowest BCUT2D eigenvalue weighted by Gasteiger charge is -2.17. The molecule has 1 fully saturated rings. The Hall–Kier alpha value is -2.24. The second-order valence-corrected chi connectivity index (χ2v) is 5.19. The van der Waals surface area contributed by atoms with Crippen molar-refractivity contribution < 1.29 is 4.39 Å². The first-order valence-corrected chi connectivity index (χ1v) is 7.12. The van der Waals surface area contributed by atoms with Crippen LogP contribution >= 0.6 is 0 Å². The molecule has 1 saturated heterocycles. The summed E-state index contributed by atoms with van der Waals surface area (Å²) in [5.74, 6) is 1.38. The van der Waals surface area contributed by atoms with E-state index in [0.717, 1.165) is 31.5 Å². The van der Waals surface area contributed by atoms with E-state index in [1.165, 1.54) is 12.1 Å². The number of aromatic nitrogens is 3. The lowest BCUT2D eigenvalue weighted by atomic mass is 10.1. The van der Waals surface area contributed by atoms with Crippen molar-refractivity contribution in [3.63, 3.8) is 0 Å². The number of aryl methyl sites for hydroxylation is 1. The number of nitrogens with zero attached hydrogens (tertiary/aromatic N) is 4. The van der Waals surface area contributed by atoms with Crippen LogP contribution in [0.25, 0.3) is 11.4 Å². The van der Waals surface area contributed by atoms with Gasteiger partial charge in [-0.15, -0.1) is 0 Å². The maximum Gasteiger partial charge on any atom is 0.230 e. The van der Waals surface area contributed by atoms with Crippen LogP contribution in [0.15, 0.2) is 18.2 Å². The molecule has 1 aliphatic heterocycles. The van der Waals surface area contributed by atoms with E-state index in [2.05, 4.69) is 25.2 Å². The summed E-state index contributed by atoms with van der Waals surface area (Å²) in [7, 11) is 1.77. The van der Waals surface area contributed by atoms with Gasteiger partial charge in [0.05, 0.1) is 0 Å². The van der Waals surface area contributed by atoms with Crippen LogP contribution in [0, 0.1) is 12.7 Å². The molecule has 1 aromatic carbocycles. The van der Waals surface area contributed by atoms with Gasteiger partial charge in [0.1, 0.15) is 5.82 Å². The largest absolute Gasteiger partial charge is 0.357 e. The summed E-state index contributed by atoms with van der Waals surface area (Å²) in [4.78, 5) is 15.5. The van der Waals surface area contributed by atoms with Gasteiger partial charge in [-0.1, -0.05) is 6.07 Å². The van der Waals surface area contributed by atoms with Gasteiger partial charge in [-0.2, -0.15) is 15.0 Å². The SMILES string of the molecule is CNc1nc(-c2cc(F)ccc2C)nc(N2CCCC2)n1. The van der Waals surface area contributed by atoms with Crippen LogP contribution in [0.4, 0.5) is 16.3 Å². The minimum atomic E-state index is -0.287. The molecule has 0 unspecified atom stereocenters. The molecule has 110 valence electrons. The number of benzene rings is 1. The normalized spacial score (nSPS) is 14.5. The van der Waals surface area contributed by atoms with E-state index in [-0.39, 0.29) is 5.82 Å². The van der Waals surface area contributed by atoms with E-state index in [1.807, 2.05) is 6.92 Å². The van der Waals surface area contributed by atoms with Crippen molar-refractivity contribution in [3.05, 3.63) is 29.6 Å². The van der Waals surface area contributed by atoms with Gasteiger partial charge < -0.3 is 10.2 Å². The van der Waals surface area contributed by atoms with Gasteiger partial charge in [0.2, 0.25) is 11.9 Å². The molecule has 0 aliphatic carbocycles. The molecular formula is C15H18FN5. The van der Waals surface area contributed by atoms with E-state index < -0.39 is 0 Å². The Morgan fingerprint density at radius 2 is 1.90 bits per heavy atom. The zero-order chi connectivity index (χ0) is 14.8. The third-order valence-corrected chi connectivity index (χ3v) is 3.68. The molecule has 0 saturated carbocycles. The first-order chi connectivity index (χ1) is 10.2. The summed E-state index contributed by atoms with van der Waals surface area (Å²) in [5.41, 5.74) is 1.64. The number of hydrogen-bond acceptors (Lipinski definition) is 5. The molecule has 0 spiro atoms. The number of anilines is 2. The van der Waals surface area contributed by atoms with Gasteiger partial charge in [-0.3, -0.25) is 0 Å². The number of hydrogen-bond donors (Lipinski definition) is 1. The molecule has 2 heterocycles. The molecule has 0 radical (unpaired) electrons. The van der Waals surface area contributed by atoms with E-state index in [1.54, 1.807) is 13.1 Å². The Morgan fingerprint density at radius 3 is 2.62 bits per heavy atom. The summed E-state index contributed by atoms with van der Waals surface area (Å²) in [6.45, 7) is 3.83. The van der Waals surface area contributed by atoms with Crippen LogP contribution in [0.3, 0.4) is 0 Å². The molecule has 2 aromatic rings. The van der Waals surface area contributed by atoms with Gasteiger partial charge in [0.25, 0.3) is 0 Å². The molecule has 0 atom stereocenters. The fourth-order valence-corrected chi connectivity index (χ4v) is 2.49. The minimum absolute atomic E-state index is 0.287. The highest BCUT2D eigenvalue weighted by Gasteiger charge is 2.18. The van der Waals surface area contributed by atoms with Crippen LogP contribution in [0.2, 0.25) is 0 Å².